The second-order valence-corrected chi connectivity index (χ2v) is 6.80. The Bertz CT molecular complexity index is 507. The van der Waals surface area contributed by atoms with Crippen molar-refractivity contribution in [2.24, 2.45) is 4.99 Å². The van der Waals surface area contributed by atoms with Crippen molar-refractivity contribution in [1.29, 1.82) is 0 Å². The highest BCUT2D eigenvalue weighted by Crippen LogP contribution is 2.15. The van der Waals surface area contributed by atoms with Gasteiger partial charge >= 0.3 is 0 Å². The van der Waals surface area contributed by atoms with Crippen molar-refractivity contribution < 1.29 is 0 Å². The Morgan fingerprint density at radius 2 is 2.00 bits per heavy atom. The van der Waals surface area contributed by atoms with Crippen LogP contribution in [0.25, 0.3) is 0 Å². The smallest absolute Gasteiger partial charge is 0.191 e. The fraction of sp³-hybridized carbons (Fsp3) is 0.611. The average molecular weight is 337 g/mol. The van der Waals surface area contributed by atoms with Crippen LogP contribution in [0, 0.1) is 0 Å². The molecule has 2 N–H and O–H groups in total. The van der Waals surface area contributed by atoms with E-state index in [0.29, 0.717) is 12.1 Å². The number of nitrogens with one attached hydrogen (secondary N) is 2. The van der Waals surface area contributed by atoms with E-state index in [-0.39, 0.29) is 0 Å². The minimum atomic E-state index is 0.511. The molecule has 1 aliphatic heterocycles. The van der Waals surface area contributed by atoms with E-state index < -0.39 is 0 Å². The van der Waals surface area contributed by atoms with Crippen LogP contribution in [-0.2, 0) is 6.42 Å². The predicted molar refractivity (Wildman–Crippen MR) is 99.4 cm³/mol. The van der Waals surface area contributed by atoms with Gasteiger partial charge in [0.05, 0.1) is 0 Å². The maximum atomic E-state index is 6.19. The van der Waals surface area contributed by atoms with Gasteiger partial charge in [0.25, 0.3) is 0 Å². The van der Waals surface area contributed by atoms with Gasteiger partial charge in [-0.25, -0.2) is 0 Å². The lowest BCUT2D eigenvalue weighted by Crippen LogP contribution is -2.50. The van der Waals surface area contributed by atoms with Crippen LogP contribution in [0.15, 0.2) is 29.3 Å². The van der Waals surface area contributed by atoms with Crippen LogP contribution < -0.4 is 10.6 Å². The van der Waals surface area contributed by atoms with Gasteiger partial charge in [0.1, 0.15) is 0 Å². The third-order valence-corrected chi connectivity index (χ3v) is 4.84. The highest BCUT2D eigenvalue weighted by atomic mass is 35.5. The summed E-state index contributed by atoms with van der Waals surface area (Å²) in [4.78, 5) is 6.87. The molecular weight excluding hydrogens is 308 g/mol. The summed E-state index contributed by atoms with van der Waals surface area (Å²) in [5, 5.41) is 7.77. The molecule has 2 rings (SSSR count). The monoisotopic (exact) mass is 336 g/mol. The fourth-order valence-electron chi connectivity index (χ4n) is 2.96. The van der Waals surface area contributed by atoms with Gasteiger partial charge in [-0.1, -0.05) is 29.8 Å². The van der Waals surface area contributed by atoms with Gasteiger partial charge in [-0.15, -0.1) is 0 Å². The maximum absolute atomic E-state index is 6.19. The summed E-state index contributed by atoms with van der Waals surface area (Å²) < 4.78 is 0. The number of rotatable bonds is 5. The number of nitrogens with zero attached hydrogens (tertiary/aromatic N) is 2. The first-order chi connectivity index (χ1) is 11.1. The van der Waals surface area contributed by atoms with Gasteiger partial charge in [-0.3, -0.25) is 4.99 Å². The molecule has 0 amide bonds. The summed E-state index contributed by atoms with van der Waals surface area (Å²) in [6.07, 6.45) is 3.24. The summed E-state index contributed by atoms with van der Waals surface area (Å²) in [5.41, 5.74) is 1.17. The largest absolute Gasteiger partial charge is 0.356 e. The second-order valence-electron chi connectivity index (χ2n) is 6.39. The molecule has 0 aliphatic carbocycles. The maximum Gasteiger partial charge on any atom is 0.191 e. The molecule has 0 unspecified atom stereocenters. The number of aliphatic imine (C=N–C) groups is 1. The van der Waals surface area contributed by atoms with Crippen molar-refractivity contribution in [2.75, 3.05) is 26.7 Å². The Morgan fingerprint density at radius 1 is 1.30 bits per heavy atom. The molecule has 0 radical (unpaired) electrons. The zero-order chi connectivity index (χ0) is 16.7. The van der Waals surface area contributed by atoms with Crippen LogP contribution in [0.4, 0.5) is 0 Å². The molecule has 1 saturated heterocycles. The highest BCUT2D eigenvalue weighted by Gasteiger charge is 2.21. The van der Waals surface area contributed by atoms with Crippen molar-refractivity contribution in [3.63, 3.8) is 0 Å². The Balaban J connectivity index is 1.73. The first-order valence-electron chi connectivity index (χ1n) is 8.54. The molecular formula is C18H29ClN4. The molecule has 1 aliphatic rings. The number of likely N-dealkylation sites (tertiary alicyclic amines) is 1. The molecule has 1 heterocycles. The van der Waals surface area contributed by atoms with Crippen LogP contribution >= 0.6 is 11.6 Å². The molecule has 0 spiro atoms. The molecule has 0 atom stereocenters. The van der Waals surface area contributed by atoms with E-state index in [9.17, 15) is 0 Å². The molecule has 0 saturated carbocycles. The van der Waals surface area contributed by atoms with E-state index >= 15 is 0 Å². The zero-order valence-electron chi connectivity index (χ0n) is 14.5. The van der Waals surface area contributed by atoms with E-state index in [4.69, 9.17) is 11.6 Å². The molecule has 0 bridgehead atoms. The first kappa shape index (κ1) is 18.1. The SMILES string of the molecule is CN=C(NCCc1ccccc1Cl)NC1CCN(C(C)C)CC1. The first-order valence-corrected chi connectivity index (χ1v) is 8.92. The zero-order valence-corrected chi connectivity index (χ0v) is 15.2. The van der Waals surface area contributed by atoms with E-state index in [2.05, 4.69) is 40.4 Å². The van der Waals surface area contributed by atoms with Gasteiger partial charge in [0, 0.05) is 43.8 Å². The number of piperidine rings is 1. The molecule has 128 valence electrons. The van der Waals surface area contributed by atoms with Crippen molar-refractivity contribution in [1.82, 2.24) is 15.5 Å². The van der Waals surface area contributed by atoms with Crippen LogP contribution in [-0.4, -0.2) is 49.6 Å². The lowest BCUT2D eigenvalue weighted by Gasteiger charge is -2.35. The Labute approximate surface area is 145 Å². The quantitative estimate of drug-likeness (QED) is 0.641. The third kappa shape index (κ3) is 5.70. The summed E-state index contributed by atoms with van der Waals surface area (Å²) >= 11 is 6.19. The summed E-state index contributed by atoms with van der Waals surface area (Å²) in [6.45, 7) is 7.68. The lowest BCUT2D eigenvalue weighted by atomic mass is 10.0. The topological polar surface area (TPSA) is 39.7 Å². The lowest BCUT2D eigenvalue weighted by molar-refractivity contribution is 0.167. The molecule has 1 aromatic carbocycles. The highest BCUT2D eigenvalue weighted by molar-refractivity contribution is 6.31. The molecule has 1 aromatic rings. The average Bonchev–Trinajstić information content (AvgIpc) is 2.56. The molecule has 23 heavy (non-hydrogen) atoms. The summed E-state index contributed by atoms with van der Waals surface area (Å²) in [5.74, 6) is 0.889. The van der Waals surface area contributed by atoms with Gasteiger partial charge in [-0.05, 0) is 44.7 Å². The fourth-order valence-corrected chi connectivity index (χ4v) is 3.20. The van der Waals surface area contributed by atoms with E-state index in [1.54, 1.807) is 0 Å². The minimum Gasteiger partial charge on any atom is -0.356 e. The number of hydrogen-bond acceptors (Lipinski definition) is 2. The Hall–Kier alpha value is -1.26. The molecule has 1 fully saturated rings. The van der Waals surface area contributed by atoms with E-state index in [1.165, 1.54) is 18.4 Å². The number of halogens is 1. The van der Waals surface area contributed by atoms with Crippen molar-refractivity contribution in [3.05, 3.63) is 34.9 Å². The minimum absolute atomic E-state index is 0.511. The van der Waals surface area contributed by atoms with Crippen molar-refractivity contribution in [2.45, 2.75) is 45.2 Å². The summed E-state index contributed by atoms with van der Waals surface area (Å²) in [7, 11) is 1.83. The van der Waals surface area contributed by atoms with Gasteiger partial charge < -0.3 is 15.5 Å². The van der Waals surface area contributed by atoms with Crippen LogP contribution in [0.2, 0.25) is 5.02 Å². The predicted octanol–water partition coefficient (Wildman–Crippen LogP) is 2.92. The molecule has 5 heteroatoms. The normalized spacial score (nSPS) is 17.5. The van der Waals surface area contributed by atoms with Crippen molar-refractivity contribution in [3.8, 4) is 0 Å². The number of guanidine groups is 1. The second kappa shape index (κ2) is 9.14. The van der Waals surface area contributed by atoms with Crippen LogP contribution in [0.5, 0.6) is 0 Å². The van der Waals surface area contributed by atoms with Crippen LogP contribution in [0.3, 0.4) is 0 Å². The summed E-state index contributed by atoms with van der Waals surface area (Å²) in [6, 6.07) is 9.15. The molecule has 4 nitrogen and oxygen atoms in total. The number of hydrogen-bond donors (Lipinski definition) is 2. The van der Waals surface area contributed by atoms with E-state index in [1.807, 2.05) is 25.2 Å². The van der Waals surface area contributed by atoms with Gasteiger partial charge in [0.15, 0.2) is 5.96 Å². The standard InChI is InChI=1S/C18H29ClN4/c1-14(2)23-12-9-16(10-13-23)22-18(20-3)21-11-8-15-6-4-5-7-17(15)19/h4-7,14,16H,8-13H2,1-3H3,(H2,20,21,22). The Morgan fingerprint density at radius 3 is 2.61 bits per heavy atom. The van der Waals surface area contributed by atoms with Crippen LogP contribution in [0.1, 0.15) is 32.3 Å². The number of benzene rings is 1. The van der Waals surface area contributed by atoms with Gasteiger partial charge in [-0.2, -0.15) is 0 Å². The van der Waals surface area contributed by atoms with Gasteiger partial charge in [0.2, 0.25) is 0 Å². The third-order valence-electron chi connectivity index (χ3n) is 4.47. The van der Waals surface area contributed by atoms with E-state index in [0.717, 1.165) is 37.0 Å². The molecule has 0 aromatic heterocycles. The Kier molecular flexibility index (Phi) is 7.18. The van der Waals surface area contributed by atoms with Crippen molar-refractivity contribution >= 4 is 17.6 Å².